The van der Waals surface area contributed by atoms with E-state index in [0.29, 0.717) is 0 Å². The van der Waals surface area contributed by atoms with Gasteiger partial charge >= 0.3 is 0 Å². The van der Waals surface area contributed by atoms with Crippen LogP contribution in [0.2, 0.25) is 0 Å². The zero-order valence-corrected chi connectivity index (χ0v) is 12.9. The number of aryl methyl sites for hydroxylation is 1. The van der Waals surface area contributed by atoms with Crippen molar-refractivity contribution in [3.63, 3.8) is 0 Å². The van der Waals surface area contributed by atoms with Gasteiger partial charge in [0.25, 0.3) is 0 Å². The third-order valence-corrected chi connectivity index (χ3v) is 3.00. The van der Waals surface area contributed by atoms with Crippen LogP contribution in [0.25, 0.3) is 0 Å². The van der Waals surface area contributed by atoms with Gasteiger partial charge in [0.2, 0.25) is 0 Å². The first-order valence-corrected chi connectivity index (χ1v) is 6.87. The molecule has 110 valence electrons. The second-order valence-electron chi connectivity index (χ2n) is 6.06. The molecule has 0 N–H and O–H groups in total. The molecule has 2 heterocycles. The highest BCUT2D eigenvalue weighted by atomic mass is 15.4. The maximum Gasteiger partial charge on any atom is 0.0967 e. The Morgan fingerprint density at radius 2 is 1.65 bits per heavy atom. The minimum Gasteiger partial charge on any atom is -0.294 e. The number of aromatic nitrogens is 6. The van der Waals surface area contributed by atoms with E-state index in [-0.39, 0.29) is 5.54 Å². The van der Waals surface area contributed by atoms with E-state index < -0.39 is 0 Å². The van der Waals surface area contributed by atoms with Gasteiger partial charge in [-0.1, -0.05) is 10.4 Å². The van der Waals surface area contributed by atoms with Gasteiger partial charge in [-0.25, -0.2) is 4.68 Å². The van der Waals surface area contributed by atoms with Crippen LogP contribution < -0.4 is 0 Å². The maximum atomic E-state index is 4.22. The van der Waals surface area contributed by atoms with Crippen molar-refractivity contribution < 1.29 is 0 Å². The number of nitrogens with zero attached hydrogens (tertiary/aromatic N) is 7. The molecule has 0 atom stereocenters. The first kappa shape index (κ1) is 14.6. The summed E-state index contributed by atoms with van der Waals surface area (Å²) >= 11 is 0. The second-order valence-corrected chi connectivity index (χ2v) is 6.06. The molecule has 0 fully saturated rings. The summed E-state index contributed by atoms with van der Waals surface area (Å²) in [4.78, 5) is 2.15. The third-order valence-electron chi connectivity index (χ3n) is 3.00. The zero-order valence-electron chi connectivity index (χ0n) is 12.9. The molecule has 7 nitrogen and oxygen atoms in total. The molecule has 2 aromatic rings. The monoisotopic (exact) mass is 277 g/mol. The van der Waals surface area contributed by atoms with Crippen LogP contribution in [0.4, 0.5) is 0 Å². The molecule has 2 aromatic heterocycles. The normalized spacial score (nSPS) is 12.3. The van der Waals surface area contributed by atoms with E-state index >= 15 is 0 Å². The standard InChI is InChI=1S/C13H23N7/c1-6-19-9-11(14-16-19)7-18(5)8-12-10-20(17-15-12)13(2,3)4/h9-10H,6-8H2,1-5H3. The number of rotatable bonds is 5. The lowest BCUT2D eigenvalue weighted by atomic mass is 10.1. The Bertz CT molecular complexity index is 549. The van der Waals surface area contributed by atoms with Gasteiger partial charge in [-0.05, 0) is 34.7 Å². The topological polar surface area (TPSA) is 64.7 Å². The molecule has 7 heteroatoms. The Kier molecular flexibility index (Phi) is 4.17. The maximum absolute atomic E-state index is 4.22. The molecule has 0 bridgehead atoms. The van der Waals surface area contributed by atoms with Gasteiger partial charge in [-0.2, -0.15) is 0 Å². The zero-order chi connectivity index (χ0) is 14.8. The fourth-order valence-corrected chi connectivity index (χ4v) is 1.87. The Labute approximate surface area is 119 Å². The average Bonchev–Trinajstić information content (AvgIpc) is 2.97. The molecule has 0 amide bonds. The van der Waals surface area contributed by atoms with Crippen molar-refractivity contribution in [2.45, 2.75) is 52.9 Å². The summed E-state index contributed by atoms with van der Waals surface area (Å²) in [6, 6.07) is 0. The van der Waals surface area contributed by atoms with E-state index in [0.717, 1.165) is 31.0 Å². The second kappa shape index (κ2) is 5.70. The summed E-state index contributed by atoms with van der Waals surface area (Å²) in [6.45, 7) is 10.7. The van der Waals surface area contributed by atoms with Crippen LogP contribution in [0.5, 0.6) is 0 Å². The van der Waals surface area contributed by atoms with Gasteiger partial charge in [0.05, 0.1) is 23.1 Å². The highest BCUT2D eigenvalue weighted by Crippen LogP contribution is 2.12. The highest BCUT2D eigenvalue weighted by molar-refractivity contribution is 4.97. The van der Waals surface area contributed by atoms with Crippen LogP contribution in [0.15, 0.2) is 12.4 Å². The Morgan fingerprint density at radius 1 is 1.05 bits per heavy atom. The van der Waals surface area contributed by atoms with Crippen molar-refractivity contribution in [2.24, 2.45) is 0 Å². The fraction of sp³-hybridized carbons (Fsp3) is 0.692. The van der Waals surface area contributed by atoms with E-state index in [4.69, 9.17) is 0 Å². The Hall–Kier alpha value is -1.76. The molecule has 2 rings (SSSR count). The van der Waals surface area contributed by atoms with Gasteiger partial charge in [0.1, 0.15) is 0 Å². The molecule has 0 radical (unpaired) electrons. The lowest BCUT2D eigenvalue weighted by Gasteiger charge is -2.17. The van der Waals surface area contributed by atoms with Crippen LogP contribution in [0, 0.1) is 0 Å². The lowest BCUT2D eigenvalue weighted by molar-refractivity contribution is 0.310. The predicted octanol–water partition coefficient (Wildman–Crippen LogP) is 1.28. The largest absolute Gasteiger partial charge is 0.294 e. The summed E-state index contributed by atoms with van der Waals surface area (Å²) in [5.41, 5.74) is 1.90. The van der Waals surface area contributed by atoms with Crippen LogP contribution in [-0.2, 0) is 25.2 Å². The minimum atomic E-state index is -0.0341. The first-order valence-electron chi connectivity index (χ1n) is 6.87. The summed E-state index contributed by atoms with van der Waals surface area (Å²) in [5, 5.41) is 16.6. The number of hydrogen-bond acceptors (Lipinski definition) is 5. The van der Waals surface area contributed by atoms with Gasteiger partial charge < -0.3 is 0 Å². The van der Waals surface area contributed by atoms with Crippen molar-refractivity contribution in [1.82, 2.24) is 34.9 Å². The molecule has 0 aliphatic heterocycles. The lowest BCUT2D eigenvalue weighted by Crippen LogP contribution is -2.22. The van der Waals surface area contributed by atoms with E-state index in [1.54, 1.807) is 0 Å². The quantitative estimate of drug-likeness (QED) is 0.823. The first-order chi connectivity index (χ1) is 9.38. The van der Waals surface area contributed by atoms with E-state index in [1.807, 2.05) is 35.7 Å². The Morgan fingerprint density at radius 3 is 2.15 bits per heavy atom. The van der Waals surface area contributed by atoms with Gasteiger partial charge in [-0.3, -0.25) is 9.58 Å². The summed E-state index contributed by atoms with van der Waals surface area (Å²) in [6.07, 6.45) is 3.97. The van der Waals surface area contributed by atoms with Gasteiger partial charge in [0.15, 0.2) is 0 Å². The SMILES string of the molecule is CCn1cc(CN(C)Cc2cn(C(C)(C)C)nn2)nn1. The molecule has 0 aromatic carbocycles. The van der Waals surface area contributed by atoms with Crippen molar-refractivity contribution in [2.75, 3.05) is 7.05 Å². The summed E-state index contributed by atoms with van der Waals surface area (Å²) in [5.74, 6) is 0. The van der Waals surface area contributed by atoms with Crippen LogP contribution in [0.3, 0.4) is 0 Å². The number of hydrogen-bond donors (Lipinski definition) is 0. The van der Waals surface area contributed by atoms with Crippen molar-refractivity contribution >= 4 is 0 Å². The van der Waals surface area contributed by atoms with Crippen LogP contribution in [0.1, 0.15) is 39.1 Å². The minimum absolute atomic E-state index is 0.0341. The molecular formula is C13H23N7. The Balaban J connectivity index is 1.94. The molecule has 0 saturated carbocycles. The fourth-order valence-electron chi connectivity index (χ4n) is 1.87. The van der Waals surface area contributed by atoms with E-state index in [1.165, 1.54) is 0 Å². The summed E-state index contributed by atoms with van der Waals surface area (Å²) in [7, 11) is 2.04. The molecule has 0 spiro atoms. The molecule has 0 saturated heterocycles. The van der Waals surface area contributed by atoms with E-state index in [2.05, 4.69) is 46.3 Å². The van der Waals surface area contributed by atoms with Gasteiger partial charge in [-0.15, -0.1) is 10.2 Å². The van der Waals surface area contributed by atoms with Gasteiger partial charge in [0, 0.05) is 25.8 Å². The van der Waals surface area contributed by atoms with Crippen molar-refractivity contribution in [3.05, 3.63) is 23.8 Å². The van der Waals surface area contributed by atoms with Crippen LogP contribution in [-0.4, -0.2) is 41.9 Å². The smallest absolute Gasteiger partial charge is 0.0967 e. The molecule has 0 unspecified atom stereocenters. The van der Waals surface area contributed by atoms with Crippen molar-refractivity contribution in [1.29, 1.82) is 0 Å². The van der Waals surface area contributed by atoms with Crippen molar-refractivity contribution in [3.8, 4) is 0 Å². The molecule has 20 heavy (non-hydrogen) atoms. The molecular weight excluding hydrogens is 254 g/mol. The highest BCUT2D eigenvalue weighted by Gasteiger charge is 2.15. The summed E-state index contributed by atoms with van der Waals surface area (Å²) < 4.78 is 3.72. The van der Waals surface area contributed by atoms with Crippen LogP contribution >= 0.6 is 0 Å². The third kappa shape index (κ3) is 3.63. The molecule has 0 aliphatic carbocycles. The molecule has 0 aliphatic rings. The van der Waals surface area contributed by atoms with E-state index in [9.17, 15) is 0 Å². The average molecular weight is 277 g/mol. The predicted molar refractivity (Wildman–Crippen MR) is 75.9 cm³/mol.